The van der Waals surface area contributed by atoms with E-state index in [9.17, 15) is 5.11 Å². The smallest absolute Gasteiger partial charge is 0.0555 e. The van der Waals surface area contributed by atoms with Gasteiger partial charge in [-0.2, -0.15) is 0 Å². The molecular weight excluding hydrogens is 210 g/mol. The lowest BCUT2D eigenvalue weighted by Gasteiger charge is -2.44. The van der Waals surface area contributed by atoms with Gasteiger partial charge in [0.1, 0.15) is 0 Å². The summed E-state index contributed by atoms with van der Waals surface area (Å²) in [6.45, 7) is 2.31. The molecule has 0 amide bonds. The standard InChI is InChI=1S/C15H29NO/c1-3-12-9-10-14(17)11-15(12)16(2)13-7-5-4-6-8-13/h12-15,17H,3-11H2,1-2H3. The Balaban J connectivity index is 1.96. The first-order chi connectivity index (χ1) is 8.22. The van der Waals surface area contributed by atoms with Crippen LogP contribution in [0.1, 0.15) is 64.7 Å². The fourth-order valence-corrected chi connectivity index (χ4v) is 3.92. The molecule has 2 fully saturated rings. The minimum atomic E-state index is -0.0474. The van der Waals surface area contributed by atoms with Gasteiger partial charge in [-0.1, -0.05) is 32.6 Å². The molecule has 0 aromatic carbocycles. The first kappa shape index (κ1) is 13.4. The van der Waals surface area contributed by atoms with E-state index in [1.165, 1.54) is 44.9 Å². The van der Waals surface area contributed by atoms with Gasteiger partial charge in [0.25, 0.3) is 0 Å². The quantitative estimate of drug-likeness (QED) is 0.817. The third kappa shape index (κ3) is 3.23. The van der Waals surface area contributed by atoms with E-state index in [1.54, 1.807) is 0 Å². The molecule has 17 heavy (non-hydrogen) atoms. The zero-order valence-corrected chi connectivity index (χ0v) is 11.6. The van der Waals surface area contributed by atoms with Crippen LogP contribution in [0, 0.1) is 5.92 Å². The number of aliphatic hydroxyl groups is 1. The van der Waals surface area contributed by atoms with Crippen molar-refractivity contribution in [1.82, 2.24) is 4.90 Å². The molecule has 0 bridgehead atoms. The molecule has 100 valence electrons. The molecular formula is C15H29NO. The molecule has 3 atom stereocenters. The van der Waals surface area contributed by atoms with Crippen LogP contribution >= 0.6 is 0 Å². The summed E-state index contributed by atoms with van der Waals surface area (Å²) in [4.78, 5) is 2.62. The zero-order valence-electron chi connectivity index (χ0n) is 11.6. The van der Waals surface area contributed by atoms with E-state index in [0.717, 1.165) is 24.8 Å². The van der Waals surface area contributed by atoms with Crippen LogP contribution in [0.4, 0.5) is 0 Å². The van der Waals surface area contributed by atoms with Crippen molar-refractivity contribution in [3.05, 3.63) is 0 Å². The summed E-state index contributed by atoms with van der Waals surface area (Å²) in [6, 6.07) is 1.42. The van der Waals surface area contributed by atoms with Gasteiger partial charge < -0.3 is 10.0 Å². The molecule has 0 spiro atoms. The van der Waals surface area contributed by atoms with Crippen molar-refractivity contribution in [2.24, 2.45) is 5.92 Å². The highest BCUT2D eigenvalue weighted by molar-refractivity contribution is 4.88. The number of hydrogen-bond acceptors (Lipinski definition) is 2. The summed E-state index contributed by atoms with van der Waals surface area (Å²) in [5.74, 6) is 0.810. The van der Waals surface area contributed by atoms with Crippen molar-refractivity contribution in [3.63, 3.8) is 0 Å². The fraction of sp³-hybridized carbons (Fsp3) is 1.00. The minimum absolute atomic E-state index is 0.0474. The Labute approximate surface area is 106 Å². The topological polar surface area (TPSA) is 23.5 Å². The van der Waals surface area contributed by atoms with Crippen LogP contribution in [0.5, 0.6) is 0 Å². The van der Waals surface area contributed by atoms with E-state index in [0.29, 0.717) is 6.04 Å². The van der Waals surface area contributed by atoms with E-state index in [4.69, 9.17) is 0 Å². The van der Waals surface area contributed by atoms with Gasteiger partial charge in [-0.15, -0.1) is 0 Å². The second-order valence-electron chi connectivity index (χ2n) is 6.16. The molecule has 0 aliphatic heterocycles. The van der Waals surface area contributed by atoms with Gasteiger partial charge in [0.15, 0.2) is 0 Å². The molecule has 0 aromatic heterocycles. The van der Waals surface area contributed by atoms with Crippen molar-refractivity contribution in [1.29, 1.82) is 0 Å². The van der Waals surface area contributed by atoms with Crippen molar-refractivity contribution < 1.29 is 5.11 Å². The van der Waals surface area contributed by atoms with Crippen molar-refractivity contribution in [3.8, 4) is 0 Å². The Morgan fingerprint density at radius 2 is 1.76 bits per heavy atom. The van der Waals surface area contributed by atoms with Crippen LogP contribution < -0.4 is 0 Å². The number of nitrogens with zero attached hydrogens (tertiary/aromatic N) is 1. The zero-order chi connectivity index (χ0) is 12.3. The lowest BCUT2D eigenvalue weighted by atomic mass is 9.79. The number of rotatable bonds is 3. The average molecular weight is 239 g/mol. The Bertz CT molecular complexity index is 225. The summed E-state index contributed by atoms with van der Waals surface area (Å²) >= 11 is 0. The Hall–Kier alpha value is -0.0800. The van der Waals surface area contributed by atoms with E-state index in [1.807, 2.05) is 0 Å². The van der Waals surface area contributed by atoms with Crippen LogP contribution in [0.15, 0.2) is 0 Å². The lowest BCUT2D eigenvalue weighted by Crippen LogP contribution is -2.48. The molecule has 0 saturated heterocycles. The molecule has 2 rings (SSSR count). The van der Waals surface area contributed by atoms with Crippen LogP contribution in [0.3, 0.4) is 0 Å². The van der Waals surface area contributed by atoms with Gasteiger partial charge in [-0.25, -0.2) is 0 Å². The number of aliphatic hydroxyl groups excluding tert-OH is 1. The molecule has 0 aromatic rings. The second-order valence-corrected chi connectivity index (χ2v) is 6.16. The summed E-state index contributed by atoms with van der Waals surface area (Å²) in [6.07, 6.45) is 11.5. The van der Waals surface area contributed by atoms with E-state index in [-0.39, 0.29) is 6.10 Å². The minimum Gasteiger partial charge on any atom is -0.393 e. The van der Waals surface area contributed by atoms with Gasteiger partial charge in [-0.05, 0) is 45.1 Å². The molecule has 3 unspecified atom stereocenters. The van der Waals surface area contributed by atoms with Crippen LogP contribution in [0.25, 0.3) is 0 Å². The van der Waals surface area contributed by atoms with Crippen molar-refractivity contribution in [2.45, 2.75) is 82.9 Å². The predicted octanol–water partition coefficient (Wildman–Crippen LogP) is 3.19. The largest absolute Gasteiger partial charge is 0.393 e. The van der Waals surface area contributed by atoms with Crippen LogP contribution in [-0.2, 0) is 0 Å². The van der Waals surface area contributed by atoms with Crippen molar-refractivity contribution in [2.75, 3.05) is 7.05 Å². The Kier molecular flexibility index (Phi) is 4.87. The second kappa shape index (κ2) is 6.19. The summed E-state index contributed by atoms with van der Waals surface area (Å²) < 4.78 is 0. The van der Waals surface area contributed by atoms with E-state index >= 15 is 0 Å². The maximum Gasteiger partial charge on any atom is 0.0555 e. The number of hydrogen-bond donors (Lipinski definition) is 1. The summed E-state index contributed by atoms with van der Waals surface area (Å²) in [5.41, 5.74) is 0. The van der Waals surface area contributed by atoms with Gasteiger partial charge in [-0.3, -0.25) is 0 Å². The average Bonchev–Trinajstić information content (AvgIpc) is 2.39. The summed E-state index contributed by atoms with van der Waals surface area (Å²) in [5, 5.41) is 9.91. The fourth-order valence-electron chi connectivity index (χ4n) is 3.92. The first-order valence-electron chi connectivity index (χ1n) is 7.62. The van der Waals surface area contributed by atoms with Crippen LogP contribution in [0.2, 0.25) is 0 Å². The molecule has 1 N–H and O–H groups in total. The molecule has 2 saturated carbocycles. The highest BCUT2D eigenvalue weighted by atomic mass is 16.3. The first-order valence-corrected chi connectivity index (χ1v) is 7.62. The highest BCUT2D eigenvalue weighted by Gasteiger charge is 2.34. The normalized spacial score (nSPS) is 36.4. The molecule has 2 aliphatic carbocycles. The lowest BCUT2D eigenvalue weighted by molar-refractivity contribution is 0.0115. The Morgan fingerprint density at radius 1 is 1.06 bits per heavy atom. The van der Waals surface area contributed by atoms with Gasteiger partial charge in [0.2, 0.25) is 0 Å². The molecule has 2 heteroatoms. The maximum absolute atomic E-state index is 9.91. The highest BCUT2D eigenvalue weighted by Crippen LogP contribution is 2.33. The molecule has 2 nitrogen and oxygen atoms in total. The van der Waals surface area contributed by atoms with Gasteiger partial charge in [0, 0.05) is 12.1 Å². The predicted molar refractivity (Wildman–Crippen MR) is 72.1 cm³/mol. The van der Waals surface area contributed by atoms with Crippen LogP contribution in [-0.4, -0.2) is 35.2 Å². The summed E-state index contributed by atoms with van der Waals surface area (Å²) in [7, 11) is 2.31. The van der Waals surface area contributed by atoms with Gasteiger partial charge in [0.05, 0.1) is 6.10 Å². The van der Waals surface area contributed by atoms with Crippen molar-refractivity contribution >= 4 is 0 Å². The molecule has 0 radical (unpaired) electrons. The molecule has 2 aliphatic rings. The third-order valence-electron chi connectivity index (χ3n) is 5.13. The SMILES string of the molecule is CCC1CCC(O)CC1N(C)C1CCCCC1. The van der Waals surface area contributed by atoms with Gasteiger partial charge >= 0.3 is 0 Å². The Morgan fingerprint density at radius 3 is 2.41 bits per heavy atom. The van der Waals surface area contributed by atoms with E-state index in [2.05, 4.69) is 18.9 Å². The monoisotopic (exact) mass is 239 g/mol. The third-order valence-corrected chi connectivity index (χ3v) is 5.13. The molecule has 0 heterocycles. The van der Waals surface area contributed by atoms with E-state index < -0.39 is 0 Å². The maximum atomic E-state index is 9.91.